The van der Waals surface area contributed by atoms with Crippen LogP contribution in [0.5, 0.6) is 5.88 Å². The monoisotopic (exact) mass is 361 g/mol. The van der Waals surface area contributed by atoms with E-state index in [9.17, 15) is 9.90 Å². The van der Waals surface area contributed by atoms with Crippen LogP contribution in [0.1, 0.15) is 25.0 Å². The van der Waals surface area contributed by atoms with Gasteiger partial charge in [0.05, 0.1) is 5.57 Å². The minimum atomic E-state index is -0.936. The van der Waals surface area contributed by atoms with Crippen molar-refractivity contribution in [3.63, 3.8) is 0 Å². The van der Waals surface area contributed by atoms with E-state index < -0.39 is 5.97 Å². The van der Waals surface area contributed by atoms with Gasteiger partial charge in [-0.2, -0.15) is 0 Å². The first kappa shape index (κ1) is 16.2. The second kappa shape index (κ2) is 7.22. The van der Waals surface area contributed by atoms with Gasteiger partial charge >= 0.3 is 5.97 Å². The highest BCUT2D eigenvalue weighted by Crippen LogP contribution is 2.24. The standard InChI is InChI=1S/C17H16BrNO3/c1-11(2)16(17(20)21)14-6-4-3-5-12(14)10-22-15-8-7-13(18)9-19-15/h3-9H,10H2,1-2H3,(H,20,21). The molecule has 0 atom stereocenters. The summed E-state index contributed by atoms with van der Waals surface area (Å²) in [5.41, 5.74) is 2.54. The first-order valence-corrected chi connectivity index (χ1v) is 7.51. The number of carbonyl (C=O) groups is 1. The Morgan fingerprint density at radius 2 is 1.95 bits per heavy atom. The Labute approximate surface area is 137 Å². The summed E-state index contributed by atoms with van der Waals surface area (Å²) in [7, 11) is 0. The fourth-order valence-corrected chi connectivity index (χ4v) is 2.32. The molecule has 1 N–H and O–H groups in total. The molecular formula is C17H16BrNO3. The van der Waals surface area contributed by atoms with Gasteiger partial charge in [0, 0.05) is 16.7 Å². The van der Waals surface area contributed by atoms with Gasteiger partial charge in [0.1, 0.15) is 6.61 Å². The van der Waals surface area contributed by atoms with Gasteiger partial charge in [-0.1, -0.05) is 29.8 Å². The van der Waals surface area contributed by atoms with Crippen LogP contribution in [0.15, 0.2) is 52.6 Å². The van der Waals surface area contributed by atoms with Crippen LogP contribution in [0.25, 0.3) is 5.57 Å². The number of nitrogens with zero attached hydrogens (tertiary/aromatic N) is 1. The van der Waals surface area contributed by atoms with Gasteiger partial charge in [-0.05, 0) is 47.0 Å². The summed E-state index contributed by atoms with van der Waals surface area (Å²) in [6.45, 7) is 3.84. The molecule has 0 aliphatic carbocycles. The lowest BCUT2D eigenvalue weighted by molar-refractivity contribution is -0.130. The van der Waals surface area contributed by atoms with E-state index in [2.05, 4.69) is 20.9 Å². The molecule has 0 spiro atoms. The van der Waals surface area contributed by atoms with Gasteiger partial charge in [-0.3, -0.25) is 0 Å². The molecule has 0 fully saturated rings. The number of hydrogen-bond donors (Lipinski definition) is 1. The molecule has 1 aromatic carbocycles. The average Bonchev–Trinajstić information content (AvgIpc) is 2.47. The van der Waals surface area contributed by atoms with Crippen molar-refractivity contribution in [1.82, 2.24) is 4.98 Å². The quantitative estimate of drug-likeness (QED) is 0.806. The summed E-state index contributed by atoms with van der Waals surface area (Å²) < 4.78 is 6.52. The summed E-state index contributed by atoms with van der Waals surface area (Å²) in [5.74, 6) is -0.443. The van der Waals surface area contributed by atoms with Crippen molar-refractivity contribution in [2.75, 3.05) is 0 Å². The molecule has 0 aliphatic rings. The Kier molecular flexibility index (Phi) is 5.33. The third-order valence-electron chi connectivity index (χ3n) is 3.08. The second-order valence-corrected chi connectivity index (χ2v) is 5.86. The Morgan fingerprint density at radius 1 is 1.23 bits per heavy atom. The number of hydrogen-bond acceptors (Lipinski definition) is 3. The Morgan fingerprint density at radius 3 is 2.55 bits per heavy atom. The summed E-state index contributed by atoms with van der Waals surface area (Å²) in [4.78, 5) is 15.6. The second-order valence-electron chi connectivity index (χ2n) is 4.94. The average molecular weight is 362 g/mol. The third kappa shape index (κ3) is 3.95. The summed E-state index contributed by atoms with van der Waals surface area (Å²) in [5, 5.41) is 9.42. The van der Waals surface area contributed by atoms with Crippen LogP contribution in [0.3, 0.4) is 0 Å². The van der Waals surface area contributed by atoms with Crippen LogP contribution < -0.4 is 4.74 Å². The molecule has 5 heteroatoms. The predicted molar refractivity (Wildman–Crippen MR) is 88.6 cm³/mol. The predicted octanol–water partition coefficient (Wildman–Crippen LogP) is 4.30. The SMILES string of the molecule is CC(C)=C(C(=O)O)c1ccccc1COc1ccc(Br)cn1. The molecular weight excluding hydrogens is 346 g/mol. The summed E-state index contributed by atoms with van der Waals surface area (Å²) >= 11 is 3.31. The third-order valence-corrected chi connectivity index (χ3v) is 3.55. The number of aromatic nitrogens is 1. The van der Waals surface area contributed by atoms with Crippen LogP contribution >= 0.6 is 15.9 Å². The maximum atomic E-state index is 11.5. The van der Waals surface area contributed by atoms with E-state index in [0.717, 1.165) is 15.6 Å². The van der Waals surface area contributed by atoms with Crippen molar-refractivity contribution in [1.29, 1.82) is 0 Å². The lowest BCUT2D eigenvalue weighted by atomic mass is 9.97. The molecule has 0 radical (unpaired) electrons. The number of carboxylic acid groups (broad SMARTS) is 1. The number of allylic oxidation sites excluding steroid dienone is 1. The highest BCUT2D eigenvalue weighted by atomic mass is 79.9. The number of rotatable bonds is 5. The molecule has 2 aromatic rings. The van der Waals surface area contributed by atoms with Crippen LogP contribution in [-0.4, -0.2) is 16.1 Å². The van der Waals surface area contributed by atoms with Crippen LogP contribution in [0, 0.1) is 0 Å². The summed E-state index contributed by atoms with van der Waals surface area (Å²) in [6, 6.07) is 10.9. The highest BCUT2D eigenvalue weighted by Gasteiger charge is 2.16. The van der Waals surface area contributed by atoms with Crippen molar-refractivity contribution in [3.8, 4) is 5.88 Å². The van der Waals surface area contributed by atoms with Crippen LogP contribution in [0.4, 0.5) is 0 Å². The molecule has 0 amide bonds. The first-order valence-electron chi connectivity index (χ1n) is 6.72. The number of benzene rings is 1. The minimum absolute atomic E-state index is 0.259. The number of aliphatic carboxylic acids is 1. The maximum Gasteiger partial charge on any atom is 0.336 e. The number of ether oxygens (including phenoxy) is 1. The Bertz CT molecular complexity index is 704. The molecule has 114 valence electrons. The van der Waals surface area contributed by atoms with Crippen molar-refractivity contribution in [2.45, 2.75) is 20.5 Å². The van der Waals surface area contributed by atoms with Gasteiger partial charge in [0.15, 0.2) is 0 Å². The lowest BCUT2D eigenvalue weighted by Gasteiger charge is -2.12. The number of halogens is 1. The lowest BCUT2D eigenvalue weighted by Crippen LogP contribution is -2.07. The van der Waals surface area contributed by atoms with Crippen molar-refractivity contribution >= 4 is 27.5 Å². The molecule has 1 heterocycles. The van der Waals surface area contributed by atoms with E-state index in [4.69, 9.17) is 4.74 Å². The number of pyridine rings is 1. The van der Waals surface area contributed by atoms with Gasteiger partial charge in [0.2, 0.25) is 5.88 Å². The van der Waals surface area contributed by atoms with Gasteiger partial charge in [-0.25, -0.2) is 9.78 Å². The molecule has 2 rings (SSSR count). The van der Waals surface area contributed by atoms with Crippen molar-refractivity contribution in [2.24, 2.45) is 0 Å². The topological polar surface area (TPSA) is 59.4 Å². The minimum Gasteiger partial charge on any atom is -0.478 e. The molecule has 0 saturated heterocycles. The molecule has 4 nitrogen and oxygen atoms in total. The van der Waals surface area contributed by atoms with Gasteiger partial charge in [-0.15, -0.1) is 0 Å². The molecule has 0 unspecified atom stereocenters. The van der Waals surface area contributed by atoms with E-state index in [1.165, 1.54) is 0 Å². The fourth-order valence-electron chi connectivity index (χ4n) is 2.09. The molecule has 22 heavy (non-hydrogen) atoms. The van der Waals surface area contributed by atoms with Crippen LogP contribution in [-0.2, 0) is 11.4 Å². The molecule has 1 aromatic heterocycles. The number of carboxylic acids is 1. The fraction of sp³-hybridized carbons (Fsp3) is 0.176. The summed E-state index contributed by atoms with van der Waals surface area (Å²) in [6.07, 6.45) is 1.65. The normalized spacial score (nSPS) is 10.1. The van der Waals surface area contributed by atoms with Crippen LogP contribution in [0.2, 0.25) is 0 Å². The highest BCUT2D eigenvalue weighted by molar-refractivity contribution is 9.10. The van der Waals surface area contributed by atoms with E-state index in [0.29, 0.717) is 17.0 Å². The van der Waals surface area contributed by atoms with E-state index in [1.807, 2.05) is 24.3 Å². The smallest absolute Gasteiger partial charge is 0.336 e. The van der Waals surface area contributed by atoms with E-state index in [1.54, 1.807) is 32.2 Å². The van der Waals surface area contributed by atoms with Gasteiger partial charge < -0.3 is 9.84 Å². The molecule has 0 aliphatic heterocycles. The Balaban J connectivity index is 2.27. The van der Waals surface area contributed by atoms with E-state index >= 15 is 0 Å². The van der Waals surface area contributed by atoms with Crippen molar-refractivity contribution < 1.29 is 14.6 Å². The zero-order valence-corrected chi connectivity index (χ0v) is 13.9. The largest absolute Gasteiger partial charge is 0.478 e. The van der Waals surface area contributed by atoms with Crippen molar-refractivity contribution in [3.05, 3.63) is 63.8 Å². The zero-order valence-electron chi connectivity index (χ0n) is 12.3. The van der Waals surface area contributed by atoms with E-state index in [-0.39, 0.29) is 6.61 Å². The maximum absolute atomic E-state index is 11.5. The first-order chi connectivity index (χ1) is 10.5. The molecule has 0 saturated carbocycles. The molecule has 0 bridgehead atoms. The Hall–Kier alpha value is -2.14. The zero-order chi connectivity index (χ0) is 16.1. The van der Waals surface area contributed by atoms with Gasteiger partial charge in [0.25, 0.3) is 0 Å².